The minimum absolute atomic E-state index is 0. The normalized spacial score (nSPS) is 13.7. The fourth-order valence-electron chi connectivity index (χ4n) is 1.97. The Kier molecular flexibility index (Phi) is 4.92. The summed E-state index contributed by atoms with van der Waals surface area (Å²) >= 11 is 6.26. The minimum atomic E-state index is 0. The van der Waals surface area contributed by atoms with Gasteiger partial charge in [-0.3, -0.25) is 0 Å². The van der Waals surface area contributed by atoms with E-state index in [1.54, 1.807) is 0 Å². The number of hydrogen-bond donors (Lipinski definition) is 1. The molecule has 106 valence electrons. The van der Waals surface area contributed by atoms with Crippen molar-refractivity contribution < 1.29 is 4.74 Å². The molecule has 2 N–H and O–H groups in total. The van der Waals surface area contributed by atoms with Gasteiger partial charge in [-0.05, 0) is 41.7 Å². The summed E-state index contributed by atoms with van der Waals surface area (Å²) in [7, 11) is 0. The van der Waals surface area contributed by atoms with E-state index in [2.05, 4.69) is 12.1 Å². The largest absolute Gasteiger partial charge is 0.489 e. The molecule has 1 fully saturated rings. The van der Waals surface area contributed by atoms with Gasteiger partial charge in [0.05, 0.1) is 11.1 Å². The van der Waals surface area contributed by atoms with Crippen LogP contribution in [0.15, 0.2) is 42.5 Å². The van der Waals surface area contributed by atoms with Gasteiger partial charge >= 0.3 is 0 Å². The van der Waals surface area contributed by atoms with Gasteiger partial charge in [0.15, 0.2) is 0 Å². The SMILES string of the molecule is Cl.NCc1ccc(-c2ccc(OC3CC3)c(Cl)c2)cc1. The van der Waals surface area contributed by atoms with Crippen LogP contribution in [0.4, 0.5) is 0 Å². The fraction of sp³-hybridized carbons (Fsp3) is 0.250. The first-order chi connectivity index (χ1) is 9.26. The lowest BCUT2D eigenvalue weighted by Crippen LogP contribution is -1.96. The van der Waals surface area contributed by atoms with Crippen molar-refractivity contribution in [2.24, 2.45) is 5.73 Å². The highest BCUT2D eigenvalue weighted by Gasteiger charge is 2.24. The molecule has 0 bridgehead atoms. The number of hydrogen-bond acceptors (Lipinski definition) is 2. The van der Waals surface area contributed by atoms with Crippen LogP contribution in [0.1, 0.15) is 18.4 Å². The van der Waals surface area contributed by atoms with Crippen molar-refractivity contribution >= 4 is 24.0 Å². The van der Waals surface area contributed by atoms with Gasteiger partial charge in [-0.1, -0.05) is 41.9 Å². The van der Waals surface area contributed by atoms with Gasteiger partial charge in [-0.15, -0.1) is 12.4 Å². The molecule has 0 amide bonds. The molecule has 0 saturated heterocycles. The van der Waals surface area contributed by atoms with Crippen molar-refractivity contribution in [3.63, 3.8) is 0 Å². The lowest BCUT2D eigenvalue weighted by Gasteiger charge is -2.09. The molecule has 0 aliphatic heterocycles. The van der Waals surface area contributed by atoms with E-state index < -0.39 is 0 Å². The molecule has 0 spiro atoms. The summed E-state index contributed by atoms with van der Waals surface area (Å²) in [4.78, 5) is 0. The number of halogens is 2. The molecule has 2 aromatic rings. The zero-order chi connectivity index (χ0) is 13.2. The monoisotopic (exact) mass is 309 g/mol. The predicted octanol–water partition coefficient (Wildman–Crippen LogP) is 4.43. The molecule has 1 aliphatic rings. The summed E-state index contributed by atoms with van der Waals surface area (Å²) in [6, 6.07) is 14.2. The highest BCUT2D eigenvalue weighted by molar-refractivity contribution is 6.32. The van der Waals surface area contributed by atoms with Gasteiger partial charge in [0.25, 0.3) is 0 Å². The van der Waals surface area contributed by atoms with Gasteiger partial charge in [-0.25, -0.2) is 0 Å². The molecule has 2 aromatic carbocycles. The highest BCUT2D eigenvalue weighted by atomic mass is 35.5. The van der Waals surface area contributed by atoms with E-state index in [4.69, 9.17) is 22.1 Å². The molecule has 0 atom stereocenters. The molecule has 1 aliphatic carbocycles. The van der Waals surface area contributed by atoms with Crippen LogP contribution in [0.2, 0.25) is 5.02 Å². The first-order valence-electron chi connectivity index (χ1n) is 6.52. The minimum Gasteiger partial charge on any atom is -0.489 e. The van der Waals surface area contributed by atoms with Crippen LogP contribution >= 0.6 is 24.0 Å². The topological polar surface area (TPSA) is 35.2 Å². The summed E-state index contributed by atoms with van der Waals surface area (Å²) in [5, 5.41) is 0.673. The van der Waals surface area contributed by atoms with E-state index in [9.17, 15) is 0 Å². The van der Waals surface area contributed by atoms with E-state index in [1.165, 1.54) is 0 Å². The van der Waals surface area contributed by atoms with E-state index in [0.717, 1.165) is 35.3 Å². The number of nitrogens with two attached hydrogens (primary N) is 1. The summed E-state index contributed by atoms with van der Waals surface area (Å²) in [6.07, 6.45) is 2.64. The summed E-state index contributed by atoms with van der Waals surface area (Å²) in [6.45, 7) is 0.565. The maximum atomic E-state index is 6.26. The Morgan fingerprint density at radius 2 is 1.70 bits per heavy atom. The Labute approximate surface area is 130 Å². The quantitative estimate of drug-likeness (QED) is 0.907. The van der Waals surface area contributed by atoms with Crippen LogP contribution in [0.25, 0.3) is 11.1 Å². The lowest BCUT2D eigenvalue weighted by molar-refractivity contribution is 0.303. The van der Waals surface area contributed by atoms with E-state index in [0.29, 0.717) is 17.7 Å². The Hall–Kier alpha value is -1.22. The Morgan fingerprint density at radius 1 is 1.05 bits per heavy atom. The summed E-state index contributed by atoms with van der Waals surface area (Å²) < 4.78 is 5.73. The second-order valence-corrected chi connectivity index (χ2v) is 5.27. The van der Waals surface area contributed by atoms with Crippen molar-refractivity contribution in [3.05, 3.63) is 53.1 Å². The molecule has 1 saturated carbocycles. The zero-order valence-corrected chi connectivity index (χ0v) is 12.6. The predicted molar refractivity (Wildman–Crippen MR) is 85.7 cm³/mol. The average molecular weight is 310 g/mol. The number of ether oxygens (including phenoxy) is 1. The van der Waals surface area contributed by atoms with Crippen LogP contribution in [0.3, 0.4) is 0 Å². The molecule has 0 heterocycles. The molecule has 4 heteroatoms. The molecule has 2 nitrogen and oxygen atoms in total. The zero-order valence-electron chi connectivity index (χ0n) is 11.0. The van der Waals surface area contributed by atoms with Crippen LogP contribution in [0, 0.1) is 0 Å². The van der Waals surface area contributed by atoms with Gasteiger partial charge < -0.3 is 10.5 Å². The van der Waals surface area contributed by atoms with Crippen molar-refractivity contribution in [3.8, 4) is 16.9 Å². The summed E-state index contributed by atoms with van der Waals surface area (Å²) in [5.41, 5.74) is 8.96. The first kappa shape index (κ1) is 15.2. The van der Waals surface area contributed by atoms with Crippen LogP contribution < -0.4 is 10.5 Å². The Morgan fingerprint density at radius 3 is 2.25 bits per heavy atom. The van der Waals surface area contributed by atoms with Crippen molar-refractivity contribution in [1.29, 1.82) is 0 Å². The van der Waals surface area contributed by atoms with Crippen molar-refractivity contribution in [1.82, 2.24) is 0 Å². The standard InChI is InChI=1S/C16H16ClNO.ClH/c17-15-9-13(5-8-16(15)19-14-6-7-14)12-3-1-11(10-18)2-4-12;/h1-5,8-9,14H,6-7,10,18H2;1H. The molecular weight excluding hydrogens is 293 g/mol. The lowest BCUT2D eigenvalue weighted by atomic mass is 10.0. The average Bonchev–Trinajstić information content (AvgIpc) is 3.25. The van der Waals surface area contributed by atoms with Crippen molar-refractivity contribution in [2.75, 3.05) is 0 Å². The smallest absolute Gasteiger partial charge is 0.138 e. The highest BCUT2D eigenvalue weighted by Crippen LogP contribution is 2.34. The second kappa shape index (κ2) is 6.49. The molecule has 3 rings (SSSR count). The second-order valence-electron chi connectivity index (χ2n) is 4.86. The Balaban J connectivity index is 0.00000147. The molecule has 0 unspecified atom stereocenters. The van der Waals surface area contributed by atoms with Crippen LogP contribution in [-0.4, -0.2) is 6.10 Å². The van der Waals surface area contributed by atoms with Gasteiger partial charge in [-0.2, -0.15) is 0 Å². The van der Waals surface area contributed by atoms with Crippen molar-refractivity contribution in [2.45, 2.75) is 25.5 Å². The fourth-order valence-corrected chi connectivity index (χ4v) is 2.20. The molecule has 20 heavy (non-hydrogen) atoms. The first-order valence-corrected chi connectivity index (χ1v) is 6.89. The third-order valence-corrected chi connectivity index (χ3v) is 3.57. The maximum absolute atomic E-state index is 6.26. The third kappa shape index (κ3) is 3.45. The Bertz CT molecular complexity index is 580. The van der Waals surface area contributed by atoms with Crippen LogP contribution in [0.5, 0.6) is 5.75 Å². The van der Waals surface area contributed by atoms with Crippen LogP contribution in [-0.2, 0) is 6.54 Å². The molecular formula is C16H17Cl2NO. The van der Waals surface area contributed by atoms with E-state index in [-0.39, 0.29) is 12.4 Å². The molecule has 0 aromatic heterocycles. The molecule has 0 radical (unpaired) electrons. The summed E-state index contributed by atoms with van der Waals surface area (Å²) in [5.74, 6) is 0.784. The maximum Gasteiger partial charge on any atom is 0.138 e. The van der Waals surface area contributed by atoms with E-state index in [1.807, 2.05) is 30.3 Å². The van der Waals surface area contributed by atoms with Gasteiger partial charge in [0, 0.05) is 6.54 Å². The van der Waals surface area contributed by atoms with Gasteiger partial charge in [0.1, 0.15) is 5.75 Å². The van der Waals surface area contributed by atoms with Gasteiger partial charge in [0.2, 0.25) is 0 Å². The number of benzene rings is 2. The van der Waals surface area contributed by atoms with E-state index >= 15 is 0 Å². The third-order valence-electron chi connectivity index (χ3n) is 3.27. The number of rotatable bonds is 4.